The highest BCUT2D eigenvalue weighted by Gasteiger charge is 2.39. The molecule has 0 bridgehead atoms. The van der Waals surface area contributed by atoms with Crippen LogP contribution < -0.4 is 0 Å². The van der Waals surface area contributed by atoms with Gasteiger partial charge in [0, 0.05) is 4.88 Å². The lowest BCUT2D eigenvalue weighted by Gasteiger charge is -2.40. The van der Waals surface area contributed by atoms with Crippen LogP contribution in [0.15, 0.2) is 0 Å². The Hall–Kier alpha value is -0.740. The van der Waals surface area contributed by atoms with E-state index in [2.05, 4.69) is 44.5 Å². The van der Waals surface area contributed by atoms with Gasteiger partial charge in [0.1, 0.15) is 5.01 Å². The molecule has 20 heavy (non-hydrogen) atoms. The van der Waals surface area contributed by atoms with Crippen LogP contribution in [0.25, 0.3) is 0 Å². The van der Waals surface area contributed by atoms with Crippen molar-refractivity contribution in [2.24, 2.45) is 0 Å². The molecule has 0 saturated carbocycles. The molecule has 0 saturated heterocycles. The first-order valence-corrected chi connectivity index (χ1v) is 8.47. The fourth-order valence-electron chi connectivity index (χ4n) is 3.01. The standard InChI is InChI=1S/C16H28N2OS/c1-7-16(8-2,18(9-3)10-4)14(19)11-15-17-12(5)13(6)20-15/h7-11H2,1-6H3. The van der Waals surface area contributed by atoms with E-state index in [1.54, 1.807) is 11.3 Å². The number of carbonyl (C=O) groups is 1. The van der Waals surface area contributed by atoms with E-state index < -0.39 is 0 Å². The van der Waals surface area contributed by atoms with Gasteiger partial charge in [-0.05, 0) is 39.8 Å². The summed E-state index contributed by atoms with van der Waals surface area (Å²) in [6.45, 7) is 14.4. The molecule has 4 heteroatoms. The van der Waals surface area contributed by atoms with Gasteiger partial charge in [0.25, 0.3) is 0 Å². The Balaban J connectivity index is 2.99. The van der Waals surface area contributed by atoms with E-state index in [0.717, 1.165) is 36.6 Å². The molecule has 3 nitrogen and oxygen atoms in total. The average molecular weight is 296 g/mol. The number of aromatic nitrogens is 1. The zero-order chi connectivity index (χ0) is 15.3. The summed E-state index contributed by atoms with van der Waals surface area (Å²) in [4.78, 5) is 20.9. The van der Waals surface area contributed by atoms with E-state index in [-0.39, 0.29) is 5.54 Å². The predicted octanol–water partition coefficient (Wildman–Crippen LogP) is 3.77. The van der Waals surface area contributed by atoms with Gasteiger partial charge in [-0.1, -0.05) is 27.7 Å². The summed E-state index contributed by atoms with van der Waals surface area (Å²) >= 11 is 1.66. The zero-order valence-corrected chi connectivity index (χ0v) is 14.6. The lowest BCUT2D eigenvalue weighted by molar-refractivity contribution is -0.131. The normalized spacial score (nSPS) is 12.2. The first-order valence-electron chi connectivity index (χ1n) is 7.66. The number of nitrogens with zero attached hydrogens (tertiary/aromatic N) is 2. The highest BCUT2D eigenvalue weighted by Crippen LogP contribution is 2.28. The Morgan fingerprint density at radius 1 is 1.15 bits per heavy atom. The fraction of sp³-hybridized carbons (Fsp3) is 0.750. The number of thiazole rings is 1. The van der Waals surface area contributed by atoms with Gasteiger partial charge >= 0.3 is 0 Å². The minimum Gasteiger partial charge on any atom is -0.297 e. The van der Waals surface area contributed by atoms with Crippen molar-refractivity contribution >= 4 is 17.1 Å². The quantitative estimate of drug-likeness (QED) is 0.732. The molecular weight excluding hydrogens is 268 g/mol. The van der Waals surface area contributed by atoms with Crippen LogP contribution in [0, 0.1) is 13.8 Å². The largest absolute Gasteiger partial charge is 0.297 e. The Labute approximate surface area is 127 Å². The van der Waals surface area contributed by atoms with E-state index in [1.165, 1.54) is 4.88 Å². The van der Waals surface area contributed by atoms with Crippen molar-refractivity contribution in [2.75, 3.05) is 13.1 Å². The minimum absolute atomic E-state index is 0.319. The van der Waals surface area contributed by atoms with Crippen molar-refractivity contribution in [3.63, 3.8) is 0 Å². The highest BCUT2D eigenvalue weighted by molar-refractivity contribution is 7.11. The molecule has 0 spiro atoms. The van der Waals surface area contributed by atoms with Gasteiger partial charge in [-0.2, -0.15) is 0 Å². The summed E-state index contributed by atoms with van der Waals surface area (Å²) in [5, 5.41) is 0.962. The van der Waals surface area contributed by atoms with Gasteiger partial charge < -0.3 is 0 Å². The molecule has 0 radical (unpaired) electrons. The van der Waals surface area contributed by atoms with E-state index in [0.29, 0.717) is 12.2 Å². The smallest absolute Gasteiger partial charge is 0.159 e. The van der Waals surface area contributed by atoms with Crippen molar-refractivity contribution in [2.45, 2.75) is 66.3 Å². The molecule has 1 aromatic heterocycles. The molecule has 114 valence electrons. The number of aryl methyl sites for hydroxylation is 2. The molecule has 1 heterocycles. The van der Waals surface area contributed by atoms with E-state index in [1.807, 2.05) is 6.92 Å². The third kappa shape index (κ3) is 3.29. The Kier molecular flexibility index (Phi) is 6.34. The second kappa shape index (κ2) is 7.32. The maximum absolute atomic E-state index is 12.9. The highest BCUT2D eigenvalue weighted by atomic mass is 32.1. The van der Waals surface area contributed by atoms with Crippen LogP contribution in [0.4, 0.5) is 0 Å². The third-order valence-electron chi connectivity index (χ3n) is 4.44. The van der Waals surface area contributed by atoms with Crippen LogP contribution in [0.2, 0.25) is 0 Å². The number of hydrogen-bond acceptors (Lipinski definition) is 4. The monoisotopic (exact) mass is 296 g/mol. The van der Waals surface area contributed by atoms with Crippen LogP contribution in [-0.2, 0) is 11.2 Å². The maximum Gasteiger partial charge on any atom is 0.159 e. The van der Waals surface area contributed by atoms with E-state index >= 15 is 0 Å². The van der Waals surface area contributed by atoms with E-state index in [9.17, 15) is 4.79 Å². The van der Waals surface area contributed by atoms with Crippen molar-refractivity contribution in [1.29, 1.82) is 0 Å². The molecule has 1 aromatic rings. The lowest BCUT2D eigenvalue weighted by Crippen LogP contribution is -2.54. The van der Waals surface area contributed by atoms with Gasteiger partial charge in [-0.15, -0.1) is 11.3 Å². The number of likely N-dealkylation sites (N-methyl/N-ethyl adjacent to an activating group) is 1. The van der Waals surface area contributed by atoms with Gasteiger partial charge in [0.2, 0.25) is 0 Å². The van der Waals surface area contributed by atoms with Gasteiger partial charge in [-0.3, -0.25) is 9.69 Å². The van der Waals surface area contributed by atoms with Gasteiger partial charge in [0.05, 0.1) is 17.7 Å². The SMILES string of the molecule is CCN(CC)C(CC)(CC)C(=O)Cc1nc(C)c(C)s1. The Bertz CT molecular complexity index is 426. The molecule has 0 aliphatic rings. The topological polar surface area (TPSA) is 33.2 Å². The molecule has 1 rings (SSSR count). The van der Waals surface area contributed by atoms with E-state index in [4.69, 9.17) is 0 Å². The number of rotatable bonds is 8. The van der Waals surface area contributed by atoms with Crippen molar-refractivity contribution in [3.8, 4) is 0 Å². The number of hydrogen-bond donors (Lipinski definition) is 0. The first kappa shape index (κ1) is 17.3. The second-order valence-electron chi connectivity index (χ2n) is 5.26. The maximum atomic E-state index is 12.9. The van der Waals surface area contributed by atoms with Crippen LogP contribution in [0.3, 0.4) is 0 Å². The second-order valence-corrected chi connectivity index (χ2v) is 6.55. The third-order valence-corrected chi connectivity index (χ3v) is 5.52. The molecule has 0 amide bonds. The molecule has 0 aromatic carbocycles. The fourth-order valence-corrected chi connectivity index (χ4v) is 3.95. The van der Waals surface area contributed by atoms with Gasteiger partial charge in [-0.25, -0.2) is 4.98 Å². The molecule has 0 atom stereocenters. The zero-order valence-electron chi connectivity index (χ0n) is 13.7. The predicted molar refractivity (Wildman–Crippen MR) is 86.5 cm³/mol. The molecule has 0 fully saturated rings. The molecule has 0 aliphatic heterocycles. The molecule has 0 N–H and O–H groups in total. The van der Waals surface area contributed by atoms with Crippen LogP contribution >= 0.6 is 11.3 Å². The molecule has 0 unspecified atom stereocenters. The summed E-state index contributed by atoms with van der Waals surface area (Å²) in [6, 6.07) is 0. The van der Waals surface area contributed by atoms with Gasteiger partial charge in [0.15, 0.2) is 5.78 Å². The van der Waals surface area contributed by atoms with Crippen LogP contribution in [-0.4, -0.2) is 34.3 Å². The van der Waals surface area contributed by atoms with Crippen molar-refractivity contribution in [3.05, 3.63) is 15.6 Å². The number of ketones is 1. The first-order chi connectivity index (χ1) is 9.44. The summed E-state index contributed by atoms with van der Waals surface area (Å²) in [6.07, 6.45) is 2.21. The Morgan fingerprint density at radius 2 is 1.70 bits per heavy atom. The summed E-state index contributed by atoms with van der Waals surface area (Å²) in [7, 11) is 0. The number of Topliss-reactive ketones (excluding diaryl/α,β-unsaturated/α-hetero) is 1. The lowest BCUT2D eigenvalue weighted by atomic mass is 9.84. The van der Waals surface area contributed by atoms with Crippen LogP contribution in [0.5, 0.6) is 0 Å². The molecule has 0 aliphatic carbocycles. The molecular formula is C16H28N2OS. The minimum atomic E-state index is -0.322. The van der Waals surface area contributed by atoms with Crippen molar-refractivity contribution in [1.82, 2.24) is 9.88 Å². The summed E-state index contributed by atoms with van der Waals surface area (Å²) in [5.41, 5.74) is 0.732. The summed E-state index contributed by atoms with van der Waals surface area (Å²) < 4.78 is 0. The number of carbonyl (C=O) groups excluding carboxylic acids is 1. The van der Waals surface area contributed by atoms with Crippen LogP contribution in [0.1, 0.15) is 56.1 Å². The average Bonchev–Trinajstić information content (AvgIpc) is 2.74. The van der Waals surface area contributed by atoms with Crippen molar-refractivity contribution < 1.29 is 4.79 Å². The Morgan fingerprint density at radius 3 is 2.05 bits per heavy atom. The summed E-state index contributed by atoms with van der Waals surface area (Å²) in [5.74, 6) is 0.319.